The van der Waals surface area contributed by atoms with Crippen LogP contribution in [0.5, 0.6) is 0 Å². The molecule has 178 valence electrons. The van der Waals surface area contributed by atoms with Crippen molar-refractivity contribution in [1.29, 1.82) is 0 Å². The fraction of sp³-hybridized carbons (Fsp3) is 0.333. The zero-order valence-electron chi connectivity index (χ0n) is 20.3. The molecule has 4 rings (SSSR count). The molecule has 2 aromatic rings. The van der Waals surface area contributed by atoms with Crippen LogP contribution in [0.2, 0.25) is 5.02 Å². The molecular formula is C27H30ClN3O2S. The van der Waals surface area contributed by atoms with Crippen LogP contribution in [0.1, 0.15) is 38.8 Å². The van der Waals surface area contributed by atoms with E-state index in [4.69, 9.17) is 21.3 Å². The summed E-state index contributed by atoms with van der Waals surface area (Å²) in [5.41, 5.74) is 4.94. The Balaban J connectivity index is 1.71. The van der Waals surface area contributed by atoms with E-state index in [1.807, 2.05) is 49.4 Å². The first-order chi connectivity index (χ1) is 16.2. The summed E-state index contributed by atoms with van der Waals surface area (Å²) in [7, 11) is 2.08. The van der Waals surface area contributed by atoms with Crippen molar-refractivity contribution < 1.29 is 9.53 Å². The van der Waals surface area contributed by atoms with E-state index in [0.717, 1.165) is 22.5 Å². The SMILES string of the molecule is CCOCCN1C(=O)/C(=C\c2cc3c(cc2Cl)N(C)C(C)(C)C=C3C)SC1=Nc1ccccc1. The van der Waals surface area contributed by atoms with Crippen LogP contribution >= 0.6 is 23.4 Å². The van der Waals surface area contributed by atoms with Crippen LogP contribution in [0.4, 0.5) is 11.4 Å². The van der Waals surface area contributed by atoms with E-state index in [-0.39, 0.29) is 11.4 Å². The molecule has 2 aliphatic rings. The van der Waals surface area contributed by atoms with Crippen molar-refractivity contribution in [3.63, 3.8) is 0 Å². The smallest absolute Gasteiger partial charge is 0.266 e. The van der Waals surface area contributed by atoms with Gasteiger partial charge in [0.15, 0.2) is 5.17 Å². The van der Waals surface area contributed by atoms with Crippen LogP contribution in [0, 0.1) is 0 Å². The van der Waals surface area contributed by atoms with E-state index in [2.05, 4.69) is 44.9 Å². The van der Waals surface area contributed by atoms with Crippen LogP contribution in [0.3, 0.4) is 0 Å². The first kappa shape index (κ1) is 24.6. The number of rotatable bonds is 6. The molecule has 34 heavy (non-hydrogen) atoms. The highest BCUT2D eigenvalue weighted by atomic mass is 35.5. The summed E-state index contributed by atoms with van der Waals surface area (Å²) in [5.74, 6) is -0.0845. The number of nitrogens with zero attached hydrogens (tertiary/aromatic N) is 3. The molecule has 1 fully saturated rings. The number of ether oxygens (including phenoxy) is 1. The number of allylic oxidation sites excluding steroid dienone is 1. The summed E-state index contributed by atoms with van der Waals surface area (Å²) in [6.45, 7) is 9.93. The van der Waals surface area contributed by atoms with Crippen molar-refractivity contribution in [2.45, 2.75) is 33.2 Å². The third-order valence-electron chi connectivity index (χ3n) is 6.15. The summed E-state index contributed by atoms with van der Waals surface area (Å²) < 4.78 is 5.51. The average Bonchev–Trinajstić information content (AvgIpc) is 3.08. The number of halogens is 1. The minimum absolute atomic E-state index is 0.0845. The number of amides is 1. The highest BCUT2D eigenvalue weighted by Crippen LogP contribution is 2.42. The summed E-state index contributed by atoms with van der Waals surface area (Å²) in [6, 6.07) is 13.7. The predicted octanol–water partition coefficient (Wildman–Crippen LogP) is 6.61. The van der Waals surface area contributed by atoms with Crippen LogP contribution in [-0.4, -0.2) is 48.3 Å². The normalized spacial score (nSPS) is 19.7. The lowest BCUT2D eigenvalue weighted by Crippen LogP contribution is -2.42. The van der Waals surface area contributed by atoms with Gasteiger partial charge in [0.2, 0.25) is 0 Å². The quantitative estimate of drug-likeness (QED) is 0.334. The molecule has 0 bridgehead atoms. The van der Waals surface area contributed by atoms with Crippen LogP contribution in [-0.2, 0) is 9.53 Å². The Morgan fingerprint density at radius 2 is 1.94 bits per heavy atom. The number of aliphatic imine (C=N–C) groups is 1. The molecule has 0 spiro atoms. The van der Waals surface area contributed by atoms with Gasteiger partial charge in [-0.3, -0.25) is 9.69 Å². The number of likely N-dealkylation sites (N-methyl/N-ethyl adjacent to an activating group) is 1. The summed E-state index contributed by atoms with van der Waals surface area (Å²) in [6.07, 6.45) is 4.14. The van der Waals surface area contributed by atoms with Gasteiger partial charge in [-0.2, -0.15) is 0 Å². The summed E-state index contributed by atoms with van der Waals surface area (Å²) >= 11 is 8.09. The number of hydrogen-bond donors (Lipinski definition) is 0. The lowest BCUT2D eigenvalue weighted by atomic mass is 9.88. The summed E-state index contributed by atoms with van der Waals surface area (Å²) in [4.78, 5) is 22.6. The van der Waals surface area contributed by atoms with Gasteiger partial charge in [0.1, 0.15) is 0 Å². The minimum Gasteiger partial charge on any atom is -0.380 e. The molecule has 0 aliphatic carbocycles. The lowest BCUT2D eigenvalue weighted by molar-refractivity contribution is -0.122. The second-order valence-electron chi connectivity index (χ2n) is 8.93. The Morgan fingerprint density at radius 3 is 2.65 bits per heavy atom. The Morgan fingerprint density at radius 1 is 1.21 bits per heavy atom. The second-order valence-corrected chi connectivity index (χ2v) is 10.3. The van der Waals surface area contributed by atoms with E-state index in [0.29, 0.717) is 34.9 Å². The molecule has 0 atom stereocenters. The van der Waals surface area contributed by atoms with Gasteiger partial charge in [-0.25, -0.2) is 4.99 Å². The molecule has 0 N–H and O–H groups in total. The second kappa shape index (κ2) is 9.98. The number of thioether (sulfide) groups is 1. The van der Waals surface area contributed by atoms with Crippen LogP contribution in [0.15, 0.2) is 58.4 Å². The largest absolute Gasteiger partial charge is 0.380 e. The topological polar surface area (TPSA) is 45.1 Å². The lowest BCUT2D eigenvalue weighted by Gasteiger charge is -2.40. The molecule has 5 nitrogen and oxygen atoms in total. The molecule has 2 aromatic carbocycles. The third-order valence-corrected chi connectivity index (χ3v) is 7.49. The first-order valence-corrected chi connectivity index (χ1v) is 12.6. The summed E-state index contributed by atoms with van der Waals surface area (Å²) in [5, 5.41) is 1.26. The number of anilines is 1. The molecular weight excluding hydrogens is 466 g/mol. The monoisotopic (exact) mass is 495 g/mol. The number of carbonyl (C=O) groups is 1. The van der Waals surface area contributed by atoms with Crippen LogP contribution in [0.25, 0.3) is 11.6 Å². The van der Waals surface area contributed by atoms with E-state index >= 15 is 0 Å². The number of amidine groups is 1. The fourth-order valence-corrected chi connectivity index (χ4v) is 5.37. The number of fused-ring (bicyclic) bond motifs is 1. The van der Waals surface area contributed by atoms with Gasteiger partial charge in [0, 0.05) is 29.9 Å². The van der Waals surface area contributed by atoms with E-state index in [1.165, 1.54) is 17.3 Å². The molecule has 2 aliphatic heterocycles. The third kappa shape index (κ3) is 4.95. The van der Waals surface area contributed by atoms with Crippen molar-refractivity contribution in [2.75, 3.05) is 31.7 Å². The Labute approximate surface area is 211 Å². The Hall–Kier alpha value is -2.54. The zero-order valence-corrected chi connectivity index (χ0v) is 21.8. The molecule has 1 amide bonds. The van der Waals surface area contributed by atoms with E-state index in [9.17, 15) is 4.79 Å². The van der Waals surface area contributed by atoms with Crippen molar-refractivity contribution in [3.8, 4) is 0 Å². The first-order valence-electron chi connectivity index (χ1n) is 11.4. The fourth-order valence-electron chi connectivity index (χ4n) is 4.14. The highest BCUT2D eigenvalue weighted by molar-refractivity contribution is 8.18. The van der Waals surface area contributed by atoms with Crippen molar-refractivity contribution in [3.05, 3.63) is 69.6 Å². The van der Waals surface area contributed by atoms with Crippen molar-refractivity contribution in [2.24, 2.45) is 4.99 Å². The maximum absolute atomic E-state index is 13.3. The van der Waals surface area contributed by atoms with Gasteiger partial charge in [-0.15, -0.1) is 0 Å². The van der Waals surface area contributed by atoms with Crippen LogP contribution < -0.4 is 4.90 Å². The molecule has 0 radical (unpaired) electrons. The number of para-hydroxylation sites is 1. The van der Waals surface area contributed by atoms with Crippen molar-refractivity contribution in [1.82, 2.24) is 4.90 Å². The van der Waals surface area contributed by atoms with Gasteiger partial charge in [-0.1, -0.05) is 35.9 Å². The number of hydrogen-bond acceptors (Lipinski definition) is 5. The molecule has 2 heterocycles. The number of benzene rings is 2. The molecule has 0 unspecified atom stereocenters. The van der Waals surface area contributed by atoms with E-state index < -0.39 is 0 Å². The molecule has 0 saturated carbocycles. The van der Waals surface area contributed by atoms with Gasteiger partial charge >= 0.3 is 0 Å². The van der Waals surface area contributed by atoms with Crippen molar-refractivity contribution >= 4 is 57.5 Å². The van der Waals surface area contributed by atoms with E-state index in [1.54, 1.807) is 4.90 Å². The van der Waals surface area contributed by atoms with Gasteiger partial charge in [0.05, 0.1) is 29.3 Å². The van der Waals surface area contributed by atoms with Gasteiger partial charge < -0.3 is 9.64 Å². The minimum atomic E-state index is -0.0957. The molecule has 7 heteroatoms. The Bertz CT molecular complexity index is 1190. The predicted molar refractivity (Wildman–Crippen MR) is 145 cm³/mol. The maximum Gasteiger partial charge on any atom is 0.266 e. The Kier molecular flexibility index (Phi) is 7.22. The van der Waals surface area contributed by atoms with Gasteiger partial charge in [-0.05, 0) is 80.9 Å². The van der Waals surface area contributed by atoms with Gasteiger partial charge in [0.25, 0.3) is 5.91 Å². The number of carbonyl (C=O) groups excluding carboxylic acids is 1. The molecule has 1 saturated heterocycles. The molecule has 0 aromatic heterocycles. The maximum atomic E-state index is 13.3. The standard InChI is InChI=1S/C27H30ClN3O2S/c1-6-33-13-12-31-25(32)24(34-26(31)29-20-10-8-7-9-11-20)15-19-14-21-18(2)17-27(3,4)30(5)23(21)16-22(19)28/h7-11,14-17H,6,12-13H2,1-5H3/b24-15+,29-26?. The highest BCUT2D eigenvalue weighted by Gasteiger charge is 2.34. The average molecular weight is 496 g/mol. The zero-order chi connectivity index (χ0) is 24.5.